The molecule has 198 valence electrons. The van der Waals surface area contributed by atoms with Gasteiger partial charge in [-0.2, -0.15) is 0 Å². The normalized spacial score (nSPS) is 12.2. The molecule has 4 heteroatoms. The van der Waals surface area contributed by atoms with Crippen molar-refractivity contribution in [2.75, 3.05) is 0 Å². The van der Waals surface area contributed by atoms with Gasteiger partial charge in [-0.1, -0.05) is 0 Å². The topological polar surface area (TPSA) is 18.5 Å². The van der Waals surface area contributed by atoms with Gasteiger partial charge in [0, 0.05) is 0 Å². The van der Waals surface area contributed by atoms with Gasteiger partial charge < -0.3 is 0 Å². The molecule has 0 N–H and O–H groups in total. The van der Waals surface area contributed by atoms with E-state index in [0.717, 1.165) is 11.5 Å². The fraction of sp³-hybridized carbons (Fsp3) is 0.800. The maximum absolute atomic E-state index is 7.06. The summed E-state index contributed by atoms with van der Waals surface area (Å²) in [5.41, 5.74) is 0. The molecular formula is C30H58O2Sn2. The van der Waals surface area contributed by atoms with Crippen LogP contribution in [0.15, 0.2) is 24.3 Å². The molecule has 0 saturated heterocycles. The van der Waals surface area contributed by atoms with Gasteiger partial charge in [-0.05, 0) is 0 Å². The van der Waals surface area contributed by atoms with Crippen LogP contribution in [0.1, 0.15) is 119 Å². The second kappa shape index (κ2) is 19.5. The standard InChI is InChI=1S/C6H6O2.6C4H9.2Sn/c7-5-1-2-6(8)4-3-5;6*1-3-4-2;;/h1-4,7-8H;6*1,3-4H2,2H3;;/q;;;;;;;2*+1/p-2. The van der Waals surface area contributed by atoms with Gasteiger partial charge in [-0.3, -0.25) is 0 Å². The number of rotatable bonds is 22. The van der Waals surface area contributed by atoms with Gasteiger partial charge in [0.25, 0.3) is 0 Å². The summed E-state index contributed by atoms with van der Waals surface area (Å²) in [6, 6.07) is 9.00. The van der Waals surface area contributed by atoms with Crippen LogP contribution >= 0.6 is 0 Å². The van der Waals surface area contributed by atoms with Gasteiger partial charge in [0.15, 0.2) is 0 Å². The number of hydrogen-bond acceptors (Lipinski definition) is 2. The predicted molar refractivity (Wildman–Crippen MR) is 157 cm³/mol. The zero-order valence-corrected chi connectivity index (χ0v) is 29.6. The summed E-state index contributed by atoms with van der Waals surface area (Å²) in [4.78, 5) is 0. The number of hydrogen-bond donors (Lipinski definition) is 0. The molecule has 2 nitrogen and oxygen atoms in total. The van der Waals surface area contributed by atoms with Gasteiger partial charge in [0.1, 0.15) is 0 Å². The third-order valence-electron chi connectivity index (χ3n) is 7.41. The van der Waals surface area contributed by atoms with Gasteiger partial charge in [-0.25, -0.2) is 0 Å². The van der Waals surface area contributed by atoms with Crippen molar-refractivity contribution in [2.45, 2.75) is 145 Å². The summed E-state index contributed by atoms with van der Waals surface area (Å²) < 4.78 is 22.4. The Bertz CT molecular complexity index is 506. The SMILES string of the molecule is CCC[CH2][Sn]([CH2]CCC)([CH2]CCC)[O]c1ccc([O][Sn]([CH2]CCC)([CH2]CCC)[CH2]CCC)cc1. The van der Waals surface area contributed by atoms with E-state index in [0.29, 0.717) is 0 Å². The summed E-state index contributed by atoms with van der Waals surface area (Å²) in [6.07, 6.45) is 15.8. The minimum absolute atomic E-state index is 1.13. The van der Waals surface area contributed by atoms with Crippen molar-refractivity contribution in [1.82, 2.24) is 0 Å². The summed E-state index contributed by atoms with van der Waals surface area (Å²) >= 11 is -5.27. The first-order valence-electron chi connectivity index (χ1n) is 15.0. The Kier molecular flexibility index (Phi) is 18.6. The molecule has 0 unspecified atom stereocenters. The van der Waals surface area contributed by atoms with Crippen molar-refractivity contribution in [3.05, 3.63) is 24.3 Å². The van der Waals surface area contributed by atoms with Crippen molar-refractivity contribution in [3.8, 4) is 11.5 Å². The van der Waals surface area contributed by atoms with Crippen LogP contribution < -0.4 is 6.15 Å². The van der Waals surface area contributed by atoms with Crippen LogP contribution in [0, 0.1) is 0 Å². The van der Waals surface area contributed by atoms with E-state index in [1.807, 2.05) is 0 Å². The van der Waals surface area contributed by atoms with E-state index in [2.05, 4.69) is 65.8 Å². The van der Waals surface area contributed by atoms with E-state index in [9.17, 15) is 0 Å². The average Bonchev–Trinajstić information content (AvgIpc) is 2.86. The van der Waals surface area contributed by atoms with E-state index in [1.54, 1.807) is 0 Å². The van der Waals surface area contributed by atoms with E-state index < -0.39 is 37.6 Å². The third-order valence-corrected chi connectivity index (χ3v) is 32.9. The number of unbranched alkanes of at least 4 members (excludes halogenated alkanes) is 6. The molecule has 34 heavy (non-hydrogen) atoms. The predicted octanol–water partition coefficient (Wildman–Crippen LogP) is 11.1. The minimum atomic E-state index is -2.64. The van der Waals surface area contributed by atoms with Crippen LogP contribution in [-0.4, -0.2) is 37.6 Å². The van der Waals surface area contributed by atoms with Gasteiger partial charge >= 0.3 is 225 Å². The van der Waals surface area contributed by atoms with Crippen molar-refractivity contribution < 1.29 is 6.15 Å². The summed E-state index contributed by atoms with van der Waals surface area (Å²) in [7, 11) is 0. The van der Waals surface area contributed by atoms with Crippen molar-refractivity contribution in [3.63, 3.8) is 0 Å². The van der Waals surface area contributed by atoms with E-state index in [4.69, 9.17) is 6.15 Å². The molecule has 0 spiro atoms. The summed E-state index contributed by atoms with van der Waals surface area (Å²) in [6.45, 7) is 14.0. The molecule has 0 aliphatic carbocycles. The third kappa shape index (κ3) is 12.6. The Labute approximate surface area is 223 Å². The molecule has 0 bridgehead atoms. The fourth-order valence-corrected chi connectivity index (χ4v) is 31.9. The molecule has 0 aromatic heterocycles. The van der Waals surface area contributed by atoms with Crippen LogP contribution in [0.4, 0.5) is 0 Å². The second-order valence-electron chi connectivity index (χ2n) is 10.7. The monoisotopic (exact) mass is 690 g/mol. The number of benzene rings is 1. The van der Waals surface area contributed by atoms with Crippen LogP contribution in [-0.2, 0) is 0 Å². The van der Waals surface area contributed by atoms with E-state index >= 15 is 0 Å². The Morgan fingerprint density at radius 1 is 0.412 bits per heavy atom. The average molecular weight is 688 g/mol. The molecular weight excluding hydrogens is 630 g/mol. The second-order valence-corrected chi connectivity index (χ2v) is 33.9. The Morgan fingerprint density at radius 2 is 0.618 bits per heavy atom. The van der Waals surface area contributed by atoms with Crippen molar-refractivity contribution >= 4 is 37.6 Å². The molecule has 0 atom stereocenters. The first-order valence-corrected chi connectivity index (χ1v) is 29.4. The molecule has 1 aromatic carbocycles. The molecule has 0 aliphatic rings. The zero-order chi connectivity index (χ0) is 25.1. The maximum atomic E-state index is 7.06. The van der Waals surface area contributed by atoms with Crippen LogP contribution in [0.2, 0.25) is 26.6 Å². The molecule has 0 aliphatic heterocycles. The molecule has 1 aromatic rings. The van der Waals surface area contributed by atoms with Crippen LogP contribution in [0.3, 0.4) is 0 Å². The summed E-state index contributed by atoms with van der Waals surface area (Å²) in [5, 5.41) is 0. The Balaban J connectivity index is 3.05. The van der Waals surface area contributed by atoms with Gasteiger partial charge in [0.2, 0.25) is 0 Å². The zero-order valence-electron chi connectivity index (χ0n) is 23.9. The van der Waals surface area contributed by atoms with Crippen LogP contribution in [0.25, 0.3) is 0 Å². The molecule has 0 radical (unpaired) electrons. The quantitative estimate of drug-likeness (QED) is 0.113. The van der Waals surface area contributed by atoms with Crippen LogP contribution in [0.5, 0.6) is 11.5 Å². The van der Waals surface area contributed by atoms with Crippen molar-refractivity contribution in [1.29, 1.82) is 0 Å². The molecule has 0 heterocycles. The molecule has 0 fully saturated rings. The Hall–Kier alpha value is 0.417. The Morgan fingerprint density at radius 3 is 0.794 bits per heavy atom. The van der Waals surface area contributed by atoms with Gasteiger partial charge in [-0.15, -0.1) is 0 Å². The summed E-state index contributed by atoms with van der Waals surface area (Å²) in [5.74, 6) is 2.26. The van der Waals surface area contributed by atoms with E-state index in [1.165, 1.54) is 104 Å². The van der Waals surface area contributed by atoms with E-state index in [-0.39, 0.29) is 0 Å². The molecule has 0 saturated carbocycles. The van der Waals surface area contributed by atoms with Crippen molar-refractivity contribution in [2.24, 2.45) is 0 Å². The van der Waals surface area contributed by atoms with Gasteiger partial charge in [0.05, 0.1) is 0 Å². The fourth-order valence-electron chi connectivity index (χ4n) is 5.13. The first-order chi connectivity index (χ1) is 16.5. The first kappa shape index (κ1) is 32.4. The molecule has 0 amide bonds. The molecule has 1 rings (SSSR count).